The quantitative estimate of drug-likeness (QED) is 0.846. The summed E-state index contributed by atoms with van der Waals surface area (Å²) in [5.41, 5.74) is 6.32. The summed E-state index contributed by atoms with van der Waals surface area (Å²) in [5.74, 6) is 0.951. The molecule has 2 aromatic rings. The van der Waals surface area contributed by atoms with E-state index in [-0.39, 0.29) is 30.0 Å². The molecule has 1 aliphatic rings. The monoisotopic (exact) mass is 356 g/mol. The minimum atomic E-state index is -0.651. The number of carbonyl (C=O) groups is 2. The van der Waals surface area contributed by atoms with Gasteiger partial charge < -0.3 is 20.5 Å². The standard InChI is InChI=1S/C18H20N4O4/c1-3-13-18(24)22(17-14(26-13)8-9-15(19)21-17)10-16(23)20-11-4-6-12(25-2)7-5-11/h4-9,13H,3,10H2,1-2H3,(H2,19,21)(H,20,23). The highest BCUT2D eigenvalue weighted by Gasteiger charge is 2.35. The van der Waals surface area contributed by atoms with E-state index in [1.807, 2.05) is 6.92 Å². The van der Waals surface area contributed by atoms with Gasteiger partial charge in [0.15, 0.2) is 17.7 Å². The molecule has 1 aromatic heterocycles. The van der Waals surface area contributed by atoms with Crippen molar-refractivity contribution in [3.05, 3.63) is 36.4 Å². The zero-order valence-electron chi connectivity index (χ0n) is 14.6. The van der Waals surface area contributed by atoms with Gasteiger partial charge in [0, 0.05) is 5.69 Å². The Balaban J connectivity index is 1.79. The van der Waals surface area contributed by atoms with Crippen molar-refractivity contribution >= 4 is 29.1 Å². The summed E-state index contributed by atoms with van der Waals surface area (Å²) in [7, 11) is 1.57. The van der Waals surface area contributed by atoms with Gasteiger partial charge in [-0.05, 0) is 42.8 Å². The molecular weight excluding hydrogens is 336 g/mol. The number of hydrogen-bond acceptors (Lipinski definition) is 6. The molecule has 0 saturated heterocycles. The van der Waals surface area contributed by atoms with Gasteiger partial charge >= 0.3 is 0 Å². The molecule has 2 amide bonds. The van der Waals surface area contributed by atoms with Crippen LogP contribution in [0.4, 0.5) is 17.3 Å². The fourth-order valence-corrected chi connectivity index (χ4v) is 2.65. The van der Waals surface area contributed by atoms with Gasteiger partial charge in [-0.1, -0.05) is 6.92 Å². The molecule has 3 N–H and O–H groups in total. The molecule has 1 aromatic carbocycles. The topological polar surface area (TPSA) is 107 Å². The maximum absolute atomic E-state index is 12.6. The number of methoxy groups -OCH3 is 1. The summed E-state index contributed by atoms with van der Waals surface area (Å²) in [5, 5.41) is 2.75. The molecule has 136 valence electrons. The number of rotatable bonds is 5. The number of amides is 2. The summed E-state index contributed by atoms with van der Waals surface area (Å²) in [6.07, 6.45) is -0.166. The molecule has 1 unspecified atom stereocenters. The minimum absolute atomic E-state index is 0.186. The highest BCUT2D eigenvalue weighted by atomic mass is 16.5. The predicted molar refractivity (Wildman–Crippen MR) is 97.3 cm³/mol. The van der Waals surface area contributed by atoms with E-state index in [1.165, 1.54) is 4.90 Å². The third-order valence-electron chi connectivity index (χ3n) is 3.97. The van der Waals surface area contributed by atoms with Crippen molar-refractivity contribution in [1.29, 1.82) is 0 Å². The average Bonchev–Trinajstić information content (AvgIpc) is 2.64. The number of nitrogens with one attached hydrogen (secondary N) is 1. The third-order valence-corrected chi connectivity index (χ3v) is 3.97. The van der Waals surface area contributed by atoms with E-state index in [0.29, 0.717) is 23.6 Å². The lowest BCUT2D eigenvalue weighted by atomic mass is 10.2. The summed E-state index contributed by atoms with van der Waals surface area (Å²) in [4.78, 5) is 30.5. The Bertz CT molecular complexity index is 822. The van der Waals surface area contributed by atoms with Gasteiger partial charge in [0.25, 0.3) is 5.91 Å². The van der Waals surface area contributed by atoms with Crippen LogP contribution in [0.5, 0.6) is 11.5 Å². The zero-order chi connectivity index (χ0) is 18.7. The second-order valence-corrected chi connectivity index (χ2v) is 5.77. The van der Waals surface area contributed by atoms with E-state index in [0.717, 1.165) is 0 Å². The third kappa shape index (κ3) is 3.53. The SMILES string of the molecule is CCC1Oc2ccc(N)nc2N(CC(=O)Nc2ccc(OC)cc2)C1=O. The number of ether oxygens (including phenoxy) is 2. The molecule has 2 heterocycles. The fourth-order valence-electron chi connectivity index (χ4n) is 2.65. The molecule has 8 heteroatoms. The number of nitrogens with two attached hydrogens (primary N) is 1. The Hall–Kier alpha value is -3.29. The van der Waals surface area contributed by atoms with Crippen LogP contribution in [-0.4, -0.2) is 36.6 Å². The molecule has 1 atom stereocenters. The van der Waals surface area contributed by atoms with Crippen LogP contribution in [-0.2, 0) is 9.59 Å². The zero-order valence-corrected chi connectivity index (χ0v) is 14.6. The van der Waals surface area contributed by atoms with Crippen molar-refractivity contribution < 1.29 is 19.1 Å². The van der Waals surface area contributed by atoms with E-state index in [4.69, 9.17) is 15.2 Å². The highest BCUT2D eigenvalue weighted by molar-refractivity contribution is 6.05. The van der Waals surface area contributed by atoms with Crippen LogP contribution in [0, 0.1) is 0 Å². The van der Waals surface area contributed by atoms with Gasteiger partial charge in [-0.25, -0.2) is 4.98 Å². The van der Waals surface area contributed by atoms with Gasteiger partial charge in [-0.15, -0.1) is 0 Å². The van der Waals surface area contributed by atoms with E-state index in [9.17, 15) is 9.59 Å². The van der Waals surface area contributed by atoms with Gasteiger partial charge in [0.1, 0.15) is 18.1 Å². The first-order chi connectivity index (χ1) is 12.5. The summed E-state index contributed by atoms with van der Waals surface area (Å²) in [6.45, 7) is 1.65. The van der Waals surface area contributed by atoms with E-state index >= 15 is 0 Å². The maximum atomic E-state index is 12.6. The number of aromatic nitrogens is 1. The minimum Gasteiger partial charge on any atom is -0.497 e. The number of fused-ring (bicyclic) bond motifs is 1. The number of nitrogen functional groups attached to an aromatic ring is 1. The number of pyridine rings is 1. The van der Waals surface area contributed by atoms with Crippen molar-refractivity contribution in [1.82, 2.24) is 4.98 Å². The molecule has 0 saturated carbocycles. The molecular formula is C18H20N4O4. The lowest BCUT2D eigenvalue weighted by Crippen LogP contribution is -2.49. The van der Waals surface area contributed by atoms with Crippen LogP contribution in [0.1, 0.15) is 13.3 Å². The smallest absolute Gasteiger partial charge is 0.269 e. The number of benzene rings is 1. The molecule has 1 aliphatic heterocycles. The van der Waals surface area contributed by atoms with Crippen molar-refractivity contribution in [2.24, 2.45) is 0 Å². The fraction of sp³-hybridized carbons (Fsp3) is 0.278. The molecule has 26 heavy (non-hydrogen) atoms. The summed E-state index contributed by atoms with van der Waals surface area (Å²) < 4.78 is 10.7. The number of anilines is 3. The van der Waals surface area contributed by atoms with Crippen LogP contribution >= 0.6 is 0 Å². The summed E-state index contributed by atoms with van der Waals surface area (Å²) in [6, 6.07) is 10.2. The average molecular weight is 356 g/mol. The highest BCUT2D eigenvalue weighted by Crippen LogP contribution is 2.33. The van der Waals surface area contributed by atoms with Crippen LogP contribution in [0.15, 0.2) is 36.4 Å². The molecule has 0 bridgehead atoms. The molecule has 3 rings (SSSR count). The Morgan fingerprint density at radius 1 is 1.31 bits per heavy atom. The van der Waals surface area contributed by atoms with Gasteiger partial charge in [-0.3, -0.25) is 14.5 Å². The molecule has 0 fully saturated rings. The van der Waals surface area contributed by atoms with Crippen LogP contribution in [0.2, 0.25) is 0 Å². The van der Waals surface area contributed by atoms with Crippen LogP contribution < -0.4 is 25.4 Å². The van der Waals surface area contributed by atoms with Gasteiger partial charge in [0.2, 0.25) is 5.91 Å². The van der Waals surface area contributed by atoms with Crippen LogP contribution in [0.3, 0.4) is 0 Å². The van der Waals surface area contributed by atoms with E-state index < -0.39 is 6.10 Å². The van der Waals surface area contributed by atoms with E-state index in [1.54, 1.807) is 43.5 Å². The Labute approximate surface area is 150 Å². The molecule has 0 spiro atoms. The van der Waals surface area contributed by atoms with Crippen molar-refractivity contribution in [2.75, 3.05) is 29.6 Å². The van der Waals surface area contributed by atoms with Crippen LogP contribution in [0.25, 0.3) is 0 Å². The lowest BCUT2D eigenvalue weighted by Gasteiger charge is -2.32. The second-order valence-electron chi connectivity index (χ2n) is 5.77. The number of nitrogens with zero attached hydrogens (tertiary/aromatic N) is 2. The first-order valence-corrected chi connectivity index (χ1v) is 8.20. The van der Waals surface area contributed by atoms with Crippen molar-refractivity contribution in [2.45, 2.75) is 19.4 Å². The first-order valence-electron chi connectivity index (χ1n) is 8.20. The molecule has 8 nitrogen and oxygen atoms in total. The normalized spacial score (nSPS) is 15.8. The maximum Gasteiger partial charge on any atom is 0.269 e. The molecule has 0 aliphatic carbocycles. The lowest BCUT2D eigenvalue weighted by molar-refractivity contribution is -0.128. The Kier molecular flexibility index (Phi) is 4.92. The van der Waals surface area contributed by atoms with Gasteiger partial charge in [0.05, 0.1) is 7.11 Å². The molecule has 0 radical (unpaired) electrons. The Morgan fingerprint density at radius 2 is 2.04 bits per heavy atom. The predicted octanol–water partition coefficient (Wildman–Crippen LogP) is 1.82. The first kappa shape index (κ1) is 17.5. The number of carbonyl (C=O) groups excluding carboxylic acids is 2. The second kappa shape index (κ2) is 7.30. The Morgan fingerprint density at radius 3 is 2.69 bits per heavy atom. The largest absolute Gasteiger partial charge is 0.497 e. The van der Waals surface area contributed by atoms with E-state index in [2.05, 4.69) is 10.3 Å². The van der Waals surface area contributed by atoms with Gasteiger partial charge in [-0.2, -0.15) is 0 Å². The number of hydrogen-bond donors (Lipinski definition) is 2. The van der Waals surface area contributed by atoms with Crippen molar-refractivity contribution in [3.63, 3.8) is 0 Å². The summed E-state index contributed by atoms with van der Waals surface area (Å²) >= 11 is 0. The van der Waals surface area contributed by atoms with Crippen molar-refractivity contribution in [3.8, 4) is 11.5 Å².